The molecule has 0 aliphatic heterocycles. The van der Waals surface area contributed by atoms with Crippen molar-refractivity contribution >= 4 is 29.8 Å². The Morgan fingerprint density at radius 1 is 0.676 bits per heavy atom. The molecule has 3 aromatic rings. The summed E-state index contributed by atoms with van der Waals surface area (Å²) in [7, 11) is 7.39. The van der Waals surface area contributed by atoms with Crippen molar-refractivity contribution in [2.24, 2.45) is 0 Å². The van der Waals surface area contributed by atoms with E-state index in [2.05, 4.69) is 4.72 Å². The summed E-state index contributed by atoms with van der Waals surface area (Å²) < 4.78 is 58.0. The molecule has 0 amide bonds. The maximum atomic E-state index is 14.4. The van der Waals surface area contributed by atoms with E-state index >= 15 is 0 Å². The minimum Gasteiger partial charge on any atom is -0.494 e. The van der Waals surface area contributed by atoms with Gasteiger partial charge in [-0.05, 0) is 60.0 Å². The van der Waals surface area contributed by atoms with Crippen LogP contribution in [0.2, 0.25) is 0 Å². The largest absolute Gasteiger partial charge is 0.494 e. The molecule has 0 aromatic heterocycles. The summed E-state index contributed by atoms with van der Waals surface area (Å²) in [5, 5.41) is 0. The van der Waals surface area contributed by atoms with Crippen LogP contribution >= 0.6 is 11.9 Å². The molecule has 1 N–H and O–H groups in total. The van der Waals surface area contributed by atoms with Crippen LogP contribution in [-0.4, -0.2) is 35.5 Å². The molecular weight excluding hydrogens is 464 g/mol. The topological polar surface area (TPSA) is 58.2 Å². The second-order valence-corrected chi connectivity index (χ2v) is 7.72. The third kappa shape index (κ3) is 5.48. The van der Waals surface area contributed by atoms with Crippen LogP contribution in [-0.2, 0) is 0 Å². The van der Waals surface area contributed by atoms with Crippen LogP contribution in [0.1, 0.15) is 11.1 Å². The average molecular weight is 490 g/mol. The number of benzene rings is 3. The van der Waals surface area contributed by atoms with Crippen LogP contribution in [0.5, 0.6) is 28.7 Å². The number of ether oxygens (including phenoxy) is 5. The Hall–Kier alpha value is -3.59. The Morgan fingerprint density at radius 2 is 1.32 bits per heavy atom. The van der Waals surface area contributed by atoms with Gasteiger partial charge in [0.2, 0.25) is 5.75 Å². The molecule has 6 nitrogen and oxygen atoms in total. The molecule has 9 heteroatoms. The molecule has 0 aliphatic carbocycles. The van der Waals surface area contributed by atoms with Crippen LogP contribution in [0.15, 0.2) is 47.4 Å². The first kappa shape index (κ1) is 25.0. The van der Waals surface area contributed by atoms with Gasteiger partial charge < -0.3 is 28.4 Å². The van der Waals surface area contributed by atoms with Crippen molar-refractivity contribution in [3.8, 4) is 28.7 Å². The fraction of sp³-hybridized carbons (Fsp3) is 0.200. The number of hydrogen-bond acceptors (Lipinski definition) is 7. The van der Waals surface area contributed by atoms with Crippen LogP contribution in [0.4, 0.5) is 14.5 Å². The molecular formula is C25H25F2NO5S. The highest BCUT2D eigenvalue weighted by atomic mass is 32.2. The lowest BCUT2D eigenvalue weighted by Crippen LogP contribution is -1.98. The van der Waals surface area contributed by atoms with E-state index in [4.69, 9.17) is 23.7 Å². The van der Waals surface area contributed by atoms with Crippen molar-refractivity contribution in [3.63, 3.8) is 0 Å². The second kappa shape index (κ2) is 11.5. The summed E-state index contributed by atoms with van der Waals surface area (Å²) in [6, 6.07) is 11.1. The predicted molar refractivity (Wildman–Crippen MR) is 130 cm³/mol. The maximum Gasteiger partial charge on any atom is 0.203 e. The van der Waals surface area contributed by atoms with E-state index in [1.807, 2.05) is 6.08 Å². The number of hydrogen-bond donors (Lipinski definition) is 1. The SMILES string of the molecule is COc1ccc(SNc2c(/C=C\c3cc(OC)c(OC)c(OC)c3)ccc(F)c2OC)cc1F. The molecule has 0 saturated heterocycles. The summed E-state index contributed by atoms with van der Waals surface area (Å²) >= 11 is 1.12. The van der Waals surface area contributed by atoms with Gasteiger partial charge in [-0.1, -0.05) is 12.2 Å². The molecule has 34 heavy (non-hydrogen) atoms. The van der Waals surface area contributed by atoms with Crippen molar-refractivity contribution < 1.29 is 32.5 Å². The molecule has 0 bridgehead atoms. The average Bonchev–Trinajstić information content (AvgIpc) is 2.86. The number of rotatable bonds is 10. The van der Waals surface area contributed by atoms with Crippen molar-refractivity contribution in [2.45, 2.75) is 4.90 Å². The Labute approximate surface area is 201 Å². The fourth-order valence-electron chi connectivity index (χ4n) is 3.22. The first-order valence-corrected chi connectivity index (χ1v) is 10.9. The normalized spacial score (nSPS) is 10.8. The second-order valence-electron chi connectivity index (χ2n) is 6.84. The monoisotopic (exact) mass is 489 g/mol. The smallest absolute Gasteiger partial charge is 0.203 e. The highest BCUT2D eigenvalue weighted by molar-refractivity contribution is 8.00. The number of halogens is 2. The van der Waals surface area contributed by atoms with Crippen molar-refractivity contribution in [2.75, 3.05) is 40.3 Å². The zero-order valence-electron chi connectivity index (χ0n) is 19.4. The van der Waals surface area contributed by atoms with Crippen LogP contribution in [0, 0.1) is 11.6 Å². The van der Waals surface area contributed by atoms with E-state index in [9.17, 15) is 8.78 Å². The molecule has 0 atom stereocenters. The molecule has 0 spiro atoms. The quantitative estimate of drug-likeness (QED) is 0.265. The molecule has 0 fully saturated rings. The van der Waals surface area contributed by atoms with Gasteiger partial charge in [0.05, 0.1) is 41.2 Å². The van der Waals surface area contributed by atoms with Gasteiger partial charge in [0.25, 0.3) is 0 Å². The van der Waals surface area contributed by atoms with Gasteiger partial charge in [-0.3, -0.25) is 0 Å². The van der Waals surface area contributed by atoms with E-state index < -0.39 is 11.6 Å². The van der Waals surface area contributed by atoms with Gasteiger partial charge in [-0.15, -0.1) is 0 Å². The number of methoxy groups -OCH3 is 5. The number of nitrogens with one attached hydrogen (secondary N) is 1. The van der Waals surface area contributed by atoms with Gasteiger partial charge >= 0.3 is 0 Å². The summed E-state index contributed by atoms with van der Waals surface area (Å²) in [4.78, 5) is 0.573. The Morgan fingerprint density at radius 3 is 1.88 bits per heavy atom. The standard InChI is InChI=1S/C25H25F2NO5S/c1-29-20-11-9-17(14-19(20)27)34-28-23-16(8-10-18(26)24(23)32-4)7-6-15-12-21(30-2)25(33-5)22(13-15)31-3/h6-14,28H,1-5H3/b7-6-. The van der Waals surface area contributed by atoms with Crippen LogP contribution in [0.25, 0.3) is 12.2 Å². The highest BCUT2D eigenvalue weighted by Crippen LogP contribution is 2.40. The van der Waals surface area contributed by atoms with E-state index in [1.54, 1.807) is 30.3 Å². The summed E-state index contributed by atoms with van der Waals surface area (Å²) in [6.45, 7) is 0. The minimum absolute atomic E-state index is 0.0357. The lowest BCUT2D eigenvalue weighted by atomic mass is 10.1. The van der Waals surface area contributed by atoms with Crippen molar-refractivity contribution in [3.05, 3.63) is 65.2 Å². The maximum absolute atomic E-state index is 14.4. The predicted octanol–water partition coefficient (Wildman–Crippen LogP) is 6.30. The summed E-state index contributed by atoms with van der Waals surface area (Å²) in [5.74, 6) is 0.646. The van der Waals surface area contributed by atoms with Gasteiger partial charge in [-0.25, -0.2) is 8.78 Å². The van der Waals surface area contributed by atoms with Crippen LogP contribution in [0.3, 0.4) is 0 Å². The molecule has 3 rings (SSSR count). The summed E-state index contributed by atoms with van der Waals surface area (Å²) in [6.07, 6.45) is 3.61. The molecule has 0 aliphatic rings. The molecule has 0 saturated carbocycles. The first-order valence-electron chi connectivity index (χ1n) is 10.1. The first-order chi connectivity index (χ1) is 16.4. The Balaban J connectivity index is 1.95. The molecule has 180 valence electrons. The zero-order valence-corrected chi connectivity index (χ0v) is 20.2. The third-order valence-electron chi connectivity index (χ3n) is 4.88. The van der Waals surface area contributed by atoms with E-state index in [-0.39, 0.29) is 11.5 Å². The Bertz CT molecular complexity index is 1160. The van der Waals surface area contributed by atoms with Crippen molar-refractivity contribution in [1.82, 2.24) is 0 Å². The Kier molecular flexibility index (Phi) is 8.48. The van der Waals surface area contributed by atoms with E-state index in [0.29, 0.717) is 33.4 Å². The lowest BCUT2D eigenvalue weighted by Gasteiger charge is -2.15. The van der Waals surface area contributed by atoms with Gasteiger partial charge in [0.15, 0.2) is 34.6 Å². The van der Waals surface area contributed by atoms with Crippen LogP contribution < -0.4 is 28.4 Å². The van der Waals surface area contributed by atoms with E-state index in [1.165, 1.54) is 53.7 Å². The molecule has 0 radical (unpaired) electrons. The minimum atomic E-state index is -0.531. The van der Waals surface area contributed by atoms with Gasteiger partial charge in [-0.2, -0.15) is 0 Å². The lowest BCUT2D eigenvalue weighted by molar-refractivity contribution is 0.324. The van der Waals surface area contributed by atoms with E-state index in [0.717, 1.165) is 17.5 Å². The summed E-state index contributed by atoms with van der Waals surface area (Å²) in [5.41, 5.74) is 1.81. The van der Waals surface area contributed by atoms with Gasteiger partial charge in [0, 0.05) is 10.5 Å². The highest BCUT2D eigenvalue weighted by Gasteiger charge is 2.15. The molecule has 0 unspecified atom stereocenters. The molecule has 3 aromatic carbocycles. The number of anilines is 1. The molecule has 0 heterocycles. The zero-order chi connectivity index (χ0) is 24.7. The third-order valence-corrected chi connectivity index (χ3v) is 5.68. The van der Waals surface area contributed by atoms with Crippen molar-refractivity contribution in [1.29, 1.82) is 0 Å². The van der Waals surface area contributed by atoms with Gasteiger partial charge in [0.1, 0.15) is 0 Å². The fourth-order valence-corrected chi connectivity index (χ4v) is 3.95.